The number of hydrogen-bond acceptors (Lipinski definition) is 5. The number of hydrogen-bond donors (Lipinski definition) is 0. The van der Waals surface area contributed by atoms with Gasteiger partial charge in [0.15, 0.2) is 5.65 Å². The SMILES string of the molecule is c1ncc2nc(N3CCCC3)cnc2n1. The molecule has 0 radical (unpaired) electrons. The van der Waals surface area contributed by atoms with Crippen molar-refractivity contribution >= 4 is 17.0 Å². The first-order valence-corrected chi connectivity index (χ1v) is 5.11. The van der Waals surface area contributed by atoms with E-state index in [2.05, 4.69) is 24.8 Å². The zero-order chi connectivity index (χ0) is 10.1. The van der Waals surface area contributed by atoms with E-state index in [1.54, 1.807) is 12.4 Å². The van der Waals surface area contributed by atoms with Gasteiger partial charge in [0, 0.05) is 13.1 Å². The second-order valence-corrected chi connectivity index (χ2v) is 3.65. The Morgan fingerprint density at radius 3 is 2.80 bits per heavy atom. The molecule has 0 N–H and O–H groups in total. The highest BCUT2D eigenvalue weighted by Gasteiger charge is 2.14. The Morgan fingerprint density at radius 2 is 1.93 bits per heavy atom. The second-order valence-electron chi connectivity index (χ2n) is 3.65. The molecule has 2 aromatic heterocycles. The van der Waals surface area contributed by atoms with Crippen molar-refractivity contribution in [3.8, 4) is 0 Å². The van der Waals surface area contributed by atoms with E-state index in [1.165, 1.54) is 19.2 Å². The molecule has 0 unspecified atom stereocenters. The van der Waals surface area contributed by atoms with Crippen molar-refractivity contribution in [2.24, 2.45) is 0 Å². The lowest BCUT2D eigenvalue weighted by molar-refractivity contribution is 0.933. The topological polar surface area (TPSA) is 54.8 Å². The zero-order valence-corrected chi connectivity index (χ0v) is 8.30. The summed E-state index contributed by atoms with van der Waals surface area (Å²) < 4.78 is 0. The van der Waals surface area contributed by atoms with Crippen LogP contribution in [-0.2, 0) is 0 Å². The predicted octanol–water partition coefficient (Wildman–Crippen LogP) is 1.02. The van der Waals surface area contributed by atoms with Crippen LogP contribution in [-0.4, -0.2) is 33.0 Å². The van der Waals surface area contributed by atoms with E-state index < -0.39 is 0 Å². The largest absolute Gasteiger partial charge is 0.355 e. The average Bonchev–Trinajstić information content (AvgIpc) is 2.82. The van der Waals surface area contributed by atoms with Crippen LogP contribution < -0.4 is 4.90 Å². The quantitative estimate of drug-likeness (QED) is 0.689. The van der Waals surface area contributed by atoms with Gasteiger partial charge in [-0.1, -0.05) is 0 Å². The molecular formula is C10H11N5. The first-order chi connectivity index (χ1) is 7.43. The molecule has 0 bridgehead atoms. The van der Waals surface area contributed by atoms with Gasteiger partial charge in [0.2, 0.25) is 0 Å². The van der Waals surface area contributed by atoms with Crippen molar-refractivity contribution in [1.82, 2.24) is 19.9 Å². The van der Waals surface area contributed by atoms with Gasteiger partial charge in [0.25, 0.3) is 0 Å². The normalized spacial score (nSPS) is 16.1. The molecule has 0 amide bonds. The third-order valence-electron chi connectivity index (χ3n) is 2.64. The van der Waals surface area contributed by atoms with Crippen LogP contribution in [0.4, 0.5) is 5.82 Å². The predicted molar refractivity (Wildman–Crippen MR) is 56.6 cm³/mol. The number of aromatic nitrogens is 4. The molecule has 0 aromatic carbocycles. The molecule has 3 heterocycles. The summed E-state index contributed by atoms with van der Waals surface area (Å²) in [6, 6.07) is 0. The number of nitrogens with zero attached hydrogens (tertiary/aromatic N) is 5. The first kappa shape index (κ1) is 8.52. The van der Waals surface area contributed by atoms with Crippen LogP contribution in [0.3, 0.4) is 0 Å². The Morgan fingerprint density at radius 1 is 1.07 bits per heavy atom. The van der Waals surface area contributed by atoms with Crippen molar-refractivity contribution in [3.63, 3.8) is 0 Å². The average molecular weight is 201 g/mol. The van der Waals surface area contributed by atoms with Crippen LogP contribution in [0.15, 0.2) is 18.7 Å². The van der Waals surface area contributed by atoms with Gasteiger partial charge in [0.1, 0.15) is 17.7 Å². The summed E-state index contributed by atoms with van der Waals surface area (Å²) in [6.07, 6.45) is 7.47. The Bertz CT molecular complexity index is 478. The Balaban J connectivity index is 2.05. The lowest BCUT2D eigenvalue weighted by atomic mass is 10.4. The Labute approximate surface area is 87.2 Å². The highest BCUT2D eigenvalue weighted by atomic mass is 15.2. The van der Waals surface area contributed by atoms with Gasteiger partial charge in [-0.15, -0.1) is 0 Å². The van der Waals surface area contributed by atoms with Gasteiger partial charge in [-0.25, -0.2) is 19.9 Å². The second kappa shape index (κ2) is 3.42. The summed E-state index contributed by atoms with van der Waals surface area (Å²) in [7, 11) is 0. The molecule has 0 aliphatic carbocycles. The summed E-state index contributed by atoms with van der Waals surface area (Å²) in [6.45, 7) is 2.15. The molecule has 0 spiro atoms. The molecule has 15 heavy (non-hydrogen) atoms. The van der Waals surface area contributed by atoms with E-state index in [0.717, 1.165) is 24.4 Å². The molecule has 0 atom stereocenters. The molecule has 2 aromatic rings. The van der Waals surface area contributed by atoms with E-state index in [1.807, 2.05) is 0 Å². The maximum atomic E-state index is 4.50. The highest BCUT2D eigenvalue weighted by molar-refractivity contribution is 5.69. The monoisotopic (exact) mass is 201 g/mol. The van der Waals surface area contributed by atoms with E-state index in [-0.39, 0.29) is 0 Å². The Kier molecular flexibility index (Phi) is 1.94. The smallest absolute Gasteiger partial charge is 0.181 e. The van der Waals surface area contributed by atoms with Crippen molar-refractivity contribution in [2.45, 2.75) is 12.8 Å². The Hall–Kier alpha value is -1.78. The molecule has 76 valence electrons. The zero-order valence-electron chi connectivity index (χ0n) is 8.30. The standard InChI is InChI=1S/C10H11N5/c1-2-4-15(3-1)9-6-12-10-8(14-9)5-11-7-13-10/h5-7H,1-4H2. The van der Waals surface area contributed by atoms with E-state index in [9.17, 15) is 0 Å². The molecule has 1 aliphatic rings. The summed E-state index contributed by atoms with van der Waals surface area (Å²) in [5.41, 5.74) is 1.43. The van der Waals surface area contributed by atoms with E-state index in [0.29, 0.717) is 5.65 Å². The fourth-order valence-electron chi connectivity index (χ4n) is 1.86. The molecule has 1 fully saturated rings. The van der Waals surface area contributed by atoms with Gasteiger partial charge in [0.05, 0.1) is 12.4 Å². The minimum absolute atomic E-state index is 0.660. The van der Waals surface area contributed by atoms with Crippen molar-refractivity contribution in [1.29, 1.82) is 0 Å². The number of fused-ring (bicyclic) bond motifs is 1. The van der Waals surface area contributed by atoms with Crippen molar-refractivity contribution in [2.75, 3.05) is 18.0 Å². The van der Waals surface area contributed by atoms with Gasteiger partial charge in [-0.3, -0.25) is 0 Å². The molecule has 5 heteroatoms. The van der Waals surface area contributed by atoms with Crippen LogP contribution in [0, 0.1) is 0 Å². The molecule has 3 rings (SSSR count). The van der Waals surface area contributed by atoms with Crippen molar-refractivity contribution in [3.05, 3.63) is 18.7 Å². The number of rotatable bonds is 1. The van der Waals surface area contributed by atoms with Gasteiger partial charge >= 0.3 is 0 Å². The van der Waals surface area contributed by atoms with Gasteiger partial charge in [-0.05, 0) is 12.8 Å². The summed E-state index contributed by atoms with van der Waals surface area (Å²) in [5, 5.41) is 0. The minimum Gasteiger partial charge on any atom is -0.355 e. The molecule has 1 saturated heterocycles. The van der Waals surface area contributed by atoms with Gasteiger partial charge < -0.3 is 4.90 Å². The lowest BCUT2D eigenvalue weighted by Crippen LogP contribution is -2.19. The maximum Gasteiger partial charge on any atom is 0.181 e. The molecule has 5 nitrogen and oxygen atoms in total. The fourth-order valence-corrected chi connectivity index (χ4v) is 1.86. The third kappa shape index (κ3) is 1.49. The highest BCUT2D eigenvalue weighted by Crippen LogP contribution is 2.18. The summed E-state index contributed by atoms with van der Waals surface area (Å²) in [5.74, 6) is 0.940. The first-order valence-electron chi connectivity index (χ1n) is 5.11. The van der Waals surface area contributed by atoms with E-state index >= 15 is 0 Å². The van der Waals surface area contributed by atoms with Crippen LogP contribution in [0.2, 0.25) is 0 Å². The lowest BCUT2D eigenvalue weighted by Gasteiger charge is -2.15. The molecular weight excluding hydrogens is 190 g/mol. The number of anilines is 1. The maximum absolute atomic E-state index is 4.50. The third-order valence-corrected chi connectivity index (χ3v) is 2.64. The van der Waals surface area contributed by atoms with Crippen LogP contribution in [0.1, 0.15) is 12.8 Å². The van der Waals surface area contributed by atoms with Crippen LogP contribution in [0.5, 0.6) is 0 Å². The summed E-state index contributed by atoms with van der Waals surface area (Å²) in [4.78, 5) is 19.0. The van der Waals surface area contributed by atoms with Gasteiger partial charge in [-0.2, -0.15) is 0 Å². The van der Waals surface area contributed by atoms with Crippen LogP contribution >= 0.6 is 0 Å². The summed E-state index contributed by atoms with van der Waals surface area (Å²) >= 11 is 0. The van der Waals surface area contributed by atoms with Crippen LogP contribution in [0.25, 0.3) is 11.2 Å². The molecule has 1 aliphatic heterocycles. The fraction of sp³-hybridized carbons (Fsp3) is 0.400. The van der Waals surface area contributed by atoms with Crippen molar-refractivity contribution < 1.29 is 0 Å². The minimum atomic E-state index is 0.660. The molecule has 0 saturated carbocycles. The van der Waals surface area contributed by atoms with E-state index in [4.69, 9.17) is 0 Å².